The number of amides is 1. The van der Waals surface area contributed by atoms with Gasteiger partial charge in [-0.25, -0.2) is 0 Å². The highest BCUT2D eigenvalue weighted by Gasteiger charge is 2.49. The number of nitrogens with zero attached hydrogens (tertiary/aromatic N) is 3. The molecule has 2 aromatic rings. The van der Waals surface area contributed by atoms with Crippen LogP contribution in [0.15, 0.2) is 42.7 Å². The Hall–Kier alpha value is -1.62. The lowest BCUT2D eigenvalue weighted by atomic mass is 10.1. The van der Waals surface area contributed by atoms with Gasteiger partial charge in [-0.1, -0.05) is 23.2 Å². The summed E-state index contributed by atoms with van der Waals surface area (Å²) in [6.45, 7) is 0.918. The minimum Gasteiger partial charge on any atom is -0.290 e. The van der Waals surface area contributed by atoms with Gasteiger partial charge in [0, 0.05) is 24.6 Å². The molecule has 2 saturated heterocycles. The second-order valence-corrected chi connectivity index (χ2v) is 6.67. The van der Waals surface area contributed by atoms with Gasteiger partial charge in [0.25, 0.3) is 0 Å². The fraction of sp³-hybridized carbons (Fsp3) is 0.294. The molecule has 2 fully saturated rings. The number of carbonyl (C=O) groups excluding carboxylic acids is 1. The molecule has 2 atom stereocenters. The van der Waals surface area contributed by atoms with E-state index in [4.69, 9.17) is 23.2 Å². The molecule has 6 heteroatoms. The maximum absolute atomic E-state index is 13.0. The molecule has 0 spiro atoms. The minimum absolute atomic E-state index is 0.0531. The summed E-state index contributed by atoms with van der Waals surface area (Å²) in [6.07, 6.45) is 5.35. The monoisotopic (exact) mass is 347 g/mol. The van der Waals surface area contributed by atoms with E-state index in [2.05, 4.69) is 9.88 Å². The van der Waals surface area contributed by atoms with Crippen LogP contribution in [0.2, 0.25) is 10.0 Å². The van der Waals surface area contributed by atoms with Crippen LogP contribution in [0.3, 0.4) is 0 Å². The van der Waals surface area contributed by atoms with Crippen LogP contribution in [-0.4, -0.2) is 28.4 Å². The number of hydrogen-bond acceptors (Lipinski definition) is 3. The third kappa shape index (κ3) is 2.42. The fourth-order valence-electron chi connectivity index (χ4n) is 3.56. The second-order valence-electron chi connectivity index (χ2n) is 5.86. The maximum atomic E-state index is 13.0. The van der Waals surface area contributed by atoms with Gasteiger partial charge >= 0.3 is 0 Å². The van der Waals surface area contributed by atoms with Crippen LogP contribution in [0, 0.1) is 0 Å². The minimum atomic E-state index is -0.116. The molecule has 0 unspecified atom stereocenters. The van der Waals surface area contributed by atoms with Crippen molar-refractivity contribution in [3.05, 3.63) is 58.3 Å². The topological polar surface area (TPSA) is 36.4 Å². The van der Waals surface area contributed by atoms with Gasteiger partial charge in [-0.15, -0.1) is 0 Å². The lowest BCUT2D eigenvalue weighted by Crippen LogP contribution is -2.32. The van der Waals surface area contributed by atoms with Crippen LogP contribution in [0.1, 0.15) is 24.6 Å². The Morgan fingerprint density at radius 3 is 2.61 bits per heavy atom. The summed E-state index contributed by atoms with van der Waals surface area (Å²) in [5.74, 6) is 0.128. The van der Waals surface area contributed by atoms with E-state index in [0.717, 1.165) is 30.6 Å². The first-order valence-electron chi connectivity index (χ1n) is 7.60. The standard InChI is InChI=1S/C17H15Cl2N3O/c18-13-4-3-12(10-14(13)19)22-16(11-5-7-20-8-6-11)21-9-1-2-15(21)17(22)23/h3-8,10,15-16H,1-2,9H2/t15-,16+/m0/s1. The molecule has 118 valence electrons. The van der Waals surface area contributed by atoms with Gasteiger partial charge in [0.15, 0.2) is 0 Å². The number of rotatable bonds is 2. The molecular formula is C17H15Cl2N3O. The molecule has 0 radical (unpaired) electrons. The summed E-state index contributed by atoms with van der Waals surface area (Å²) in [7, 11) is 0. The average molecular weight is 348 g/mol. The molecule has 2 aliphatic heterocycles. The Balaban J connectivity index is 1.82. The molecule has 1 aromatic carbocycles. The van der Waals surface area contributed by atoms with E-state index < -0.39 is 0 Å². The van der Waals surface area contributed by atoms with Crippen molar-refractivity contribution in [1.82, 2.24) is 9.88 Å². The second kappa shape index (κ2) is 5.78. The quantitative estimate of drug-likeness (QED) is 0.826. The van der Waals surface area contributed by atoms with Gasteiger partial charge in [0.1, 0.15) is 6.17 Å². The van der Waals surface area contributed by atoms with Gasteiger partial charge < -0.3 is 0 Å². The van der Waals surface area contributed by atoms with Crippen LogP contribution >= 0.6 is 23.2 Å². The number of hydrogen-bond donors (Lipinski definition) is 0. The van der Waals surface area contributed by atoms with Gasteiger partial charge in [-0.3, -0.25) is 19.6 Å². The summed E-state index contributed by atoms with van der Waals surface area (Å²) in [4.78, 5) is 21.1. The zero-order valence-electron chi connectivity index (χ0n) is 12.3. The van der Waals surface area contributed by atoms with Gasteiger partial charge in [0.2, 0.25) is 5.91 Å². The predicted molar refractivity (Wildman–Crippen MR) is 90.7 cm³/mol. The molecule has 3 heterocycles. The van der Waals surface area contributed by atoms with Crippen molar-refractivity contribution in [3.63, 3.8) is 0 Å². The highest BCUT2D eigenvalue weighted by molar-refractivity contribution is 6.42. The molecule has 23 heavy (non-hydrogen) atoms. The highest BCUT2D eigenvalue weighted by atomic mass is 35.5. The van der Waals surface area contributed by atoms with E-state index in [9.17, 15) is 4.79 Å². The van der Waals surface area contributed by atoms with Crippen molar-refractivity contribution >= 4 is 34.8 Å². The lowest BCUT2D eigenvalue weighted by molar-refractivity contribution is -0.119. The number of pyridine rings is 1. The van der Waals surface area contributed by atoms with E-state index in [-0.39, 0.29) is 18.1 Å². The van der Waals surface area contributed by atoms with Crippen molar-refractivity contribution < 1.29 is 4.79 Å². The Kier molecular flexibility index (Phi) is 3.76. The predicted octanol–water partition coefficient (Wildman–Crippen LogP) is 3.90. The summed E-state index contributed by atoms with van der Waals surface area (Å²) >= 11 is 12.2. The smallest absolute Gasteiger partial charge is 0.246 e. The zero-order chi connectivity index (χ0) is 16.0. The van der Waals surface area contributed by atoms with Crippen molar-refractivity contribution in [2.45, 2.75) is 25.0 Å². The molecule has 4 rings (SSSR count). The van der Waals surface area contributed by atoms with Crippen molar-refractivity contribution in [2.75, 3.05) is 11.4 Å². The number of carbonyl (C=O) groups is 1. The molecule has 2 aliphatic rings. The Morgan fingerprint density at radius 2 is 1.87 bits per heavy atom. The van der Waals surface area contributed by atoms with E-state index >= 15 is 0 Å². The Labute approximate surface area is 144 Å². The van der Waals surface area contributed by atoms with Crippen LogP contribution in [0.25, 0.3) is 0 Å². The molecule has 4 nitrogen and oxygen atoms in total. The number of anilines is 1. The normalized spacial score (nSPS) is 24.3. The van der Waals surface area contributed by atoms with Crippen LogP contribution in [0.5, 0.6) is 0 Å². The summed E-state index contributed by atoms with van der Waals surface area (Å²) < 4.78 is 0. The number of aromatic nitrogens is 1. The summed E-state index contributed by atoms with van der Waals surface area (Å²) in [5, 5.41) is 0.945. The van der Waals surface area contributed by atoms with Crippen molar-refractivity contribution in [3.8, 4) is 0 Å². The first-order valence-corrected chi connectivity index (χ1v) is 8.36. The average Bonchev–Trinajstić information content (AvgIpc) is 3.13. The Bertz CT molecular complexity index is 753. The number of fused-ring (bicyclic) bond motifs is 1. The van der Waals surface area contributed by atoms with Gasteiger partial charge in [-0.05, 0) is 48.7 Å². The Morgan fingerprint density at radius 1 is 1.09 bits per heavy atom. The van der Waals surface area contributed by atoms with Crippen LogP contribution in [0.4, 0.5) is 5.69 Å². The lowest BCUT2D eigenvalue weighted by Gasteiger charge is -2.29. The number of benzene rings is 1. The largest absolute Gasteiger partial charge is 0.290 e. The molecule has 1 aromatic heterocycles. The molecule has 0 saturated carbocycles. The van der Waals surface area contributed by atoms with Gasteiger partial charge in [0.05, 0.1) is 16.1 Å². The summed E-state index contributed by atoms with van der Waals surface area (Å²) in [5.41, 5.74) is 1.84. The third-order valence-electron chi connectivity index (χ3n) is 4.56. The maximum Gasteiger partial charge on any atom is 0.246 e. The van der Waals surface area contributed by atoms with Gasteiger partial charge in [-0.2, -0.15) is 0 Å². The van der Waals surface area contributed by atoms with E-state index in [1.165, 1.54) is 0 Å². The van der Waals surface area contributed by atoms with E-state index in [1.807, 2.05) is 23.1 Å². The first-order chi connectivity index (χ1) is 11.2. The fourth-order valence-corrected chi connectivity index (χ4v) is 3.85. The summed E-state index contributed by atoms with van der Waals surface area (Å²) in [6, 6.07) is 9.22. The molecule has 0 N–H and O–H groups in total. The zero-order valence-corrected chi connectivity index (χ0v) is 13.8. The van der Waals surface area contributed by atoms with E-state index in [0.29, 0.717) is 10.0 Å². The number of halogens is 2. The van der Waals surface area contributed by atoms with E-state index in [1.54, 1.807) is 24.5 Å². The molecule has 1 amide bonds. The highest BCUT2D eigenvalue weighted by Crippen LogP contribution is 2.43. The molecule has 0 bridgehead atoms. The molecule has 0 aliphatic carbocycles. The van der Waals surface area contributed by atoms with Crippen LogP contribution < -0.4 is 4.90 Å². The molecular weight excluding hydrogens is 333 g/mol. The first kappa shape index (κ1) is 14.9. The van der Waals surface area contributed by atoms with Crippen molar-refractivity contribution in [2.24, 2.45) is 0 Å². The SMILES string of the molecule is O=C1[C@@H]2CCCN2[C@@H](c2ccncc2)N1c1ccc(Cl)c(Cl)c1. The van der Waals surface area contributed by atoms with Crippen LogP contribution in [-0.2, 0) is 4.79 Å². The third-order valence-corrected chi connectivity index (χ3v) is 5.30. The van der Waals surface area contributed by atoms with Crippen molar-refractivity contribution in [1.29, 1.82) is 0 Å².